The van der Waals surface area contributed by atoms with Crippen LogP contribution in [0.25, 0.3) is 0 Å². The Kier molecular flexibility index (Phi) is 2.40. The number of nitrogens with zero attached hydrogens (tertiary/aromatic N) is 2. The molecule has 0 aliphatic heterocycles. The molecule has 1 saturated carbocycles. The van der Waals surface area contributed by atoms with E-state index in [0.717, 1.165) is 12.8 Å². The average Bonchev–Trinajstić information content (AvgIpc) is 2.88. The van der Waals surface area contributed by atoms with E-state index < -0.39 is 0 Å². The van der Waals surface area contributed by atoms with E-state index in [1.807, 2.05) is 4.57 Å². The van der Waals surface area contributed by atoms with Gasteiger partial charge >= 0.3 is 0 Å². The zero-order valence-corrected chi connectivity index (χ0v) is 9.74. The van der Waals surface area contributed by atoms with Crippen LogP contribution in [-0.2, 0) is 0 Å². The highest BCUT2D eigenvalue weighted by Gasteiger charge is 2.27. The van der Waals surface area contributed by atoms with E-state index in [-0.39, 0.29) is 5.91 Å². The first-order chi connectivity index (χ1) is 8.24. The number of H-pyrrole nitrogens is 1. The Hall–Kier alpha value is -1.75. The SMILES string of the molecule is O=C(Nc1ncc[nH]1)c1cc(Cl)cn1C1CC1. The lowest BCUT2D eigenvalue weighted by Crippen LogP contribution is -2.17. The van der Waals surface area contributed by atoms with Gasteiger partial charge in [0.2, 0.25) is 5.95 Å². The summed E-state index contributed by atoms with van der Waals surface area (Å²) in [5, 5.41) is 3.27. The Labute approximate surface area is 103 Å². The van der Waals surface area contributed by atoms with Gasteiger partial charge < -0.3 is 9.55 Å². The van der Waals surface area contributed by atoms with Crippen LogP contribution in [0, 0.1) is 0 Å². The molecule has 1 aliphatic rings. The largest absolute Gasteiger partial charge is 0.339 e. The molecule has 6 heteroatoms. The maximum absolute atomic E-state index is 12.0. The quantitative estimate of drug-likeness (QED) is 0.879. The van der Waals surface area contributed by atoms with Crippen molar-refractivity contribution in [2.24, 2.45) is 0 Å². The second-order valence-electron chi connectivity index (χ2n) is 4.07. The molecule has 0 spiro atoms. The maximum atomic E-state index is 12.0. The molecule has 2 aromatic rings. The minimum atomic E-state index is -0.196. The summed E-state index contributed by atoms with van der Waals surface area (Å²) < 4.78 is 1.93. The van der Waals surface area contributed by atoms with Gasteiger partial charge in [0.25, 0.3) is 5.91 Å². The lowest BCUT2D eigenvalue weighted by atomic mass is 10.4. The minimum Gasteiger partial charge on any atom is -0.339 e. The highest BCUT2D eigenvalue weighted by atomic mass is 35.5. The Morgan fingerprint density at radius 2 is 2.41 bits per heavy atom. The fourth-order valence-corrected chi connectivity index (χ4v) is 2.00. The van der Waals surface area contributed by atoms with Crippen LogP contribution in [0.3, 0.4) is 0 Å². The molecule has 2 heterocycles. The van der Waals surface area contributed by atoms with Crippen LogP contribution in [0.4, 0.5) is 5.95 Å². The van der Waals surface area contributed by atoms with Crippen molar-refractivity contribution in [2.75, 3.05) is 5.32 Å². The molecule has 0 unspecified atom stereocenters. The molecule has 88 valence electrons. The maximum Gasteiger partial charge on any atom is 0.274 e. The van der Waals surface area contributed by atoms with Crippen molar-refractivity contribution in [2.45, 2.75) is 18.9 Å². The number of carbonyl (C=O) groups excluding carboxylic acids is 1. The van der Waals surface area contributed by atoms with Crippen LogP contribution >= 0.6 is 11.6 Å². The molecule has 0 radical (unpaired) electrons. The number of anilines is 1. The summed E-state index contributed by atoms with van der Waals surface area (Å²) in [6.45, 7) is 0. The third-order valence-electron chi connectivity index (χ3n) is 2.72. The normalized spacial score (nSPS) is 14.9. The van der Waals surface area contributed by atoms with Crippen LogP contribution in [0.5, 0.6) is 0 Å². The lowest BCUT2D eigenvalue weighted by molar-refractivity contribution is 0.101. The molecular formula is C11H11ClN4O. The van der Waals surface area contributed by atoms with Crippen molar-refractivity contribution in [1.82, 2.24) is 14.5 Å². The van der Waals surface area contributed by atoms with E-state index >= 15 is 0 Å². The summed E-state index contributed by atoms with van der Waals surface area (Å²) in [7, 11) is 0. The first-order valence-electron chi connectivity index (χ1n) is 5.42. The van der Waals surface area contributed by atoms with Gasteiger partial charge in [-0.3, -0.25) is 10.1 Å². The number of amides is 1. The molecule has 17 heavy (non-hydrogen) atoms. The Balaban J connectivity index is 1.85. The Bertz CT molecular complexity index is 542. The van der Waals surface area contributed by atoms with Gasteiger partial charge in [0.05, 0.1) is 5.02 Å². The van der Waals surface area contributed by atoms with Crippen molar-refractivity contribution in [3.8, 4) is 0 Å². The van der Waals surface area contributed by atoms with E-state index in [2.05, 4.69) is 15.3 Å². The molecule has 3 rings (SSSR count). The molecule has 1 amide bonds. The van der Waals surface area contributed by atoms with Gasteiger partial charge in [0, 0.05) is 24.6 Å². The molecule has 2 aromatic heterocycles. The van der Waals surface area contributed by atoms with Gasteiger partial charge in [-0.1, -0.05) is 11.6 Å². The summed E-state index contributed by atoms with van der Waals surface area (Å²) in [6, 6.07) is 2.10. The van der Waals surface area contributed by atoms with Crippen molar-refractivity contribution >= 4 is 23.5 Å². The zero-order valence-electron chi connectivity index (χ0n) is 8.98. The molecule has 2 N–H and O–H groups in total. The number of hydrogen-bond acceptors (Lipinski definition) is 2. The molecule has 0 aromatic carbocycles. The van der Waals surface area contributed by atoms with E-state index in [0.29, 0.717) is 22.7 Å². The third-order valence-corrected chi connectivity index (χ3v) is 2.92. The number of carbonyl (C=O) groups is 1. The number of imidazole rings is 1. The number of halogens is 1. The number of rotatable bonds is 3. The first kappa shape index (κ1) is 10.4. The summed E-state index contributed by atoms with van der Waals surface area (Å²) >= 11 is 5.94. The Morgan fingerprint density at radius 3 is 3.06 bits per heavy atom. The van der Waals surface area contributed by atoms with Gasteiger partial charge in [0.15, 0.2) is 0 Å². The smallest absolute Gasteiger partial charge is 0.274 e. The van der Waals surface area contributed by atoms with E-state index in [1.165, 1.54) is 0 Å². The van der Waals surface area contributed by atoms with Gasteiger partial charge in [-0.15, -0.1) is 0 Å². The minimum absolute atomic E-state index is 0.196. The highest BCUT2D eigenvalue weighted by molar-refractivity contribution is 6.31. The van der Waals surface area contributed by atoms with E-state index in [1.54, 1.807) is 24.7 Å². The Morgan fingerprint density at radius 1 is 1.59 bits per heavy atom. The third kappa shape index (κ3) is 2.06. The highest BCUT2D eigenvalue weighted by Crippen LogP contribution is 2.37. The second-order valence-corrected chi connectivity index (χ2v) is 4.51. The van der Waals surface area contributed by atoms with E-state index in [9.17, 15) is 4.79 Å². The van der Waals surface area contributed by atoms with Crippen LogP contribution in [0.2, 0.25) is 5.02 Å². The molecule has 0 bridgehead atoms. The van der Waals surface area contributed by atoms with Gasteiger partial charge in [-0.25, -0.2) is 4.98 Å². The standard InChI is InChI=1S/C11H11ClN4O/c12-7-5-9(16(6-7)8-1-2-8)10(17)15-11-13-3-4-14-11/h3-6,8H,1-2H2,(H2,13,14,15,17). The van der Waals surface area contributed by atoms with Crippen molar-refractivity contribution in [3.63, 3.8) is 0 Å². The first-order valence-corrected chi connectivity index (χ1v) is 5.80. The number of aromatic amines is 1. The van der Waals surface area contributed by atoms with Gasteiger partial charge in [0.1, 0.15) is 5.69 Å². The summed E-state index contributed by atoms with van der Waals surface area (Å²) in [5.41, 5.74) is 0.578. The molecule has 1 fully saturated rings. The fraction of sp³-hybridized carbons (Fsp3) is 0.273. The van der Waals surface area contributed by atoms with Crippen LogP contribution in [-0.4, -0.2) is 20.4 Å². The predicted molar refractivity (Wildman–Crippen MR) is 64.3 cm³/mol. The number of aromatic nitrogens is 3. The molecule has 0 saturated heterocycles. The predicted octanol–water partition coefficient (Wildman–Crippen LogP) is 2.45. The second kappa shape index (κ2) is 3.92. The van der Waals surface area contributed by atoms with Crippen LogP contribution < -0.4 is 5.32 Å². The van der Waals surface area contributed by atoms with Crippen molar-refractivity contribution in [3.05, 3.63) is 35.4 Å². The number of hydrogen-bond donors (Lipinski definition) is 2. The summed E-state index contributed by atoms with van der Waals surface area (Å²) in [5.74, 6) is 0.244. The van der Waals surface area contributed by atoms with Crippen LogP contribution in [0.1, 0.15) is 29.4 Å². The van der Waals surface area contributed by atoms with Crippen LogP contribution in [0.15, 0.2) is 24.7 Å². The lowest BCUT2D eigenvalue weighted by Gasteiger charge is -2.06. The molecule has 5 nitrogen and oxygen atoms in total. The number of nitrogens with one attached hydrogen (secondary N) is 2. The molecule has 0 atom stereocenters. The van der Waals surface area contributed by atoms with Gasteiger partial charge in [-0.2, -0.15) is 0 Å². The topological polar surface area (TPSA) is 62.7 Å². The summed E-state index contributed by atoms with van der Waals surface area (Å²) in [4.78, 5) is 18.8. The van der Waals surface area contributed by atoms with Crippen molar-refractivity contribution in [1.29, 1.82) is 0 Å². The monoisotopic (exact) mass is 250 g/mol. The van der Waals surface area contributed by atoms with Crippen molar-refractivity contribution < 1.29 is 4.79 Å². The van der Waals surface area contributed by atoms with Gasteiger partial charge in [-0.05, 0) is 18.9 Å². The fourth-order valence-electron chi connectivity index (χ4n) is 1.79. The summed E-state index contributed by atoms with van der Waals surface area (Å²) in [6.07, 6.45) is 7.25. The van der Waals surface area contributed by atoms with E-state index in [4.69, 9.17) is 11.6 Å². The zero-order chi connectivity index (χ0) is 11.8. The average molecular weight is 251 g/mol. The molecule has 1 aliphatic carbocycles. The molecular weight excluding hydrogens is 240 g/mol.